The first-order valence-corrected chi connectivity index (χ1v) is 22.4. The molecular formula is C60H38N4O2. The summed E-state index contributed by atoms with van der Waals surface area (Å²) < 4.78 is 17.8. The summed E-state index contributed by atoms with van der Waals surface area (Å²) in [6.07, 6.45) is 0.582. The fraction of sp³-hybridized carbons (Fsp3) is 0.0333. The van der Waals surface area contributed by atoms with Gasteiger partial charge >= 0.3 is 0 Å². The lowest BCUT2D eigenvalue weighted by atomic mass is 9.99. The summed E-state index contributed by atoms with van der Waals surface area (Å²) in [5.74, 6) is 1.52. The van der Waals surface area contributed by atoms with Gasteiger partial charge in [-0.15, -0.1) is 0 Å². The maximum atomic E-state index is 6.67. The lowest BCUT2D eigenvalue weighted by Gasteiger charge is -2.12. The third-order valence-corrected chi connectivity index (χ3v) is 13.5. The molecule has 0 atom stereocenters. The lowest BCUT2D eigenvalue weighted by molar-refractivity contribution is 0.668. The second-order valence-electron chi connectivity index (χ2n) is 17.4. The van der Waals surface area contributed by atoms with Gasteiger partial charge in [0.25, 0.3) is 0 Å². The van der Waals surface area contributed by atoms with E-state index in [0.29, 0.717) is 12.3 Å². The van der Waals surface area contributed by atoms with Crippen molar-refractivity contribution in [2.45, 2.75) is 13.3 Å². The third kappa shape index (κ3) is 5.48. The second-order valence-corrected chi connectivity index (χ2v) is 17.4. The zero-order valence-electron chi connectivity index (χ0n) is 35.9. The smallest absolute Gasteiger partial charge is 0.162 e. The average molecular weight is 847 g/mol. The summed E-state index contributed by atoms with van der Waals surface area (Å²) in [7, 11) is 0. The minimum atomic E-state index is 0.582. The molecule has 0 saturated carbocycles. The maximum absolute atomic E-state index is 6.67. The summed E-state index contributed by atoms with van der Waals surface area (Å²) in [4.78, 5) is 11.2. The quantitative estimate of drug-likeness (QED) is 0.177. The Hall–Kier alpha value is -8.74. The van der Waals surface area contributed by atoms with Crippen LogP contribution in [0.15, 0.2) is 225 Å². The van der Waals surface area contributed by atoms with E-state index in [0.717, 1.165) is 100.0 Å². The molecule has 0 saturated heterocycles. The summed E-state index contributed by atoms with van der Waals surface area (Å²) in [5, 5.41) is 8.98. The highest BCUT2D eigenvalue weighted by atomic mass is 16.3. The van der Waals surface area contributed by atoms with E-state index in [9.17, 15) is 0 Å². The minimum absolute atomic E-state index is 0.582. The Kier molecular flexibility index (Phi) is 7.86. The number of rotatable bonds is 4. The molecule has 0 radical (unpaired) electrons. The van der Waals surface area contributed by atoms with E-state index in [-0.39, 0.29) is 0 Å². The molecule has 66 heavy (non-hydrogen) atoms. The average Bonchev–Trinajstić information content (AvgIpc) is 4.09. The number of hydrogen-bond acceptors (Lipinski definition) is 4. The van der Waals surface area contributed by atoms with E-state index < -0.39 is 0 Å². The van der Waals surface area contributed by atoms with E-state index in [1.165, 1.54) is 32.6 Å². The van der Waals surface area contributed by atoms with Crippen LogP contribution < -0.4 is 0 Å². The number of benzene rings is 9. The Bertz CT molecular complexity index is 4210. The maximum Gasteiger partial charge on any atom is 0.162 e. The first kappa shape index (κ1) is 36.7. The number of nitrogens with zero attached hydrogens (tertiary/aromatic N) is 4. The number of amidine groups is 1. The van der Waals surface area contributed by atoms with Crippen LogP contribution in [0, 0.1) is 0 Å². The van der Waals surface area contributed by atoms with E-state index >= 15 is 0 Å². The molecule has 1 aliphatic rings. The van der Waals surface area contributed by atoms with Crippen molar-refractivity contribution < 1.29 is 8.83 Å². The molecular weight excluding hydrogens is 809 g/mol. The molecule has 0 amide bonds. The van der Waals surface area contributed by atoms with Crippen molar-refractivity contribution in [3.63, 3.8) is 0 Å². The van der Waals surface area contributed by atoms with Crippen molar-refractivity contribution >= 4 is 105 Å². The molecule has 1 aliphatic heterocycles. The summed E-state index contributed by atoms with van der Waals surface area (Å²) in [6, 6.07) is 70.8. The number of furan rings is 2. The van der Waals surface area contributed by atoms with Gasteiger partial charge in [0.15, 0.2) is 5.84 Å². The molecule has 14 rings (SSSR count). The molecule has 0 N–H and O–H groups in total. The molecule has 0 aliphatic carbocycles. The van der Waals surface area contributed by atoms with Gasteiger partial charge in [0.1, 0.15) is 28.2 Å². The zero-order valence-corrected chi connectivity index (χ0v) is 35.9. The molecule has 6 nitrogen and oxygen atoms in total. The Morgan fingerprint density at radius 3 is 1.73 bits per heavy atom. The van der Waals surface area contributed by atoms with Gasteiger partial charge in [-0.25, -0.2) is 9.98 Å². The first-order chi connectivity index (χ1) is 32.6. The molecule has 5 heterocycles. The molecule has 6 heteroatoms. The number of hydrogen-bond donors (Lipinski definition) is 0. The van der Waals surface area contributed by atoms with Gasteiger partial charge in [0, 0.05) is 66.3 Å². The van der Waals surface area contributed by atoms with Crippen molar-refractivity contribution in [2.24, 2.45) is 9.98 Å². The van der Waals surface area contributed by atoms with Crippen LogP contribution >= 0.6 is 0 Å². The SMILES string of the molecule is CC1=C(c2ccc3c(c2)oc2ccccc23)N=C(c2cccc3oc4ccc(-c5ccc6c(c5)c5ccccc5n6-c5ccccc5)cc4c23)N=C(n2c3ccccc3c3ccccc32)C1. The Morgan fingerprint density at radius 1 is 0.394 bits per heavy atom. The third-order valence-electron chi connectivity index (χ3n) is 13.5. The van der Waals surface area contributed by atoms with Crippen LogP contribution in [-0.2, 0) is 0 Å². The van der Waals surface area contributed by atoms with Crippen LogP contribution in [0.4, 0.5) is 0 Å². The Morgan fingerprint density at radius 2 is 0.955 bits per heavy atom. The van der Waals surface area contributed by atoms with Gasteiger partial charge < -0.3 is 13.4 Å². The van der Waals surface area contributed by atoms with E-state index in [1.54, 1.807) is 0 Å². The summed E-state index contributed by atoms with van der Waals surface area (Å²) in [5.41, 5.74) is 15.1. The van der Waals surface area contributed by atoms with E-state index in [2.05, 4.69) is 204 Å². The number of para-hydroxylation sites is 5. The lowest BCUT2D eigenvalue weighted by Crippen LogP contribution is -2.14. The van der Waals surface area contributed by atoms with Gasteiger partial charge in [-0.1, -0.05) is 121 Å². The molecule has 9 aromatic carbocycles. The van der Waals surface area contributed by atoms with E-state index in [4.69, 9.17) is 18.8 Å². The number of aromatic nitrogens is 2. The van der Waals surface area contributed by atoms with Crippen LogP contribution in [0.5, 0.6) is 0 Å². The molecule has 0 bridgehead atoms. The predicted octanol–water partition coefficient (Wildman–Crippen LogP) is 15.9. The van der Waals surface area contributed by atoms with Crippen LogP contribution in [0.3, 0.4) is 0 Å². The highest BCUT2D eigenvalue weighted by Crippen LogP contribution is 2.40. The number of allylic oxidation sites excluding steroid dienone is 1. The fourth-order valence-electron chi connectivity index (χ4n) is 10.5. The Balaban J connectivity index is 0.981. The van der Waals surface area contributed by atoms with Gasteiger partial charge in [-0.3, -0.25) is 4.57 Å². The highest BCUT2D eigenvalue weighted by Gasteiger charge is 2.24. The van der Waals surface area contributed by atoms with E-state index in [1.807, 2.05) is 12.1 Å². The second kappa shape index (κ2) is 14.1. The number of aliphatic imine (C=N–C) groups is 2. The molecule has 0 spiro atoms. The normalized spacial score (nSPS) is 13.6. The topological polar surface area (TPSA) is 60.9 Å². The van der Waals surface area contributed by atoms with Crippen molar-refractivity contribution in [3.05, 3.63) is 217 Å². The standard InChI is InChI=1S/C60H38N4O2/c1-36-32-57(64-50-22-10-5-16-41(50)42-17-6-11-23-51(42)64)61-60(62-59(36)39-26-29-45-44-19-8-12-24-53(44)66-56(45)35-39)46-20-13-25-55-58(46)48-34-38(28-31-54(48)65-55)37-27-30-52-47(33-37)43-18-7-9-21-49(43)63(52)40-14-3-2-4-15-40/h2-31,33-35H,32H2,1H3. The molecule has 0 unspecified atom stereocenters. The molecule has 4 aromatic heterocycles. The monoisotopic (exact) mass is 846 g/mol. The molecule has 13 aromatic rings. The summed E-state index contributed by atoms with van der Waals surface area (Å²) in [6.45, 7) is 2.18. The fourth-order valence-corrected chi connectivity index (χ4v) is 10.5. The van der Waals surface area contributed by atoms with Crippen molar-refractivity contribution in [3.8, 4) is 16.8 Å². The van der Waals surface area contributed by atoms with Crippen molar-refractivity contribution in [2.75, 3.05) is 0 Å². The molecule has 0 fully saturated rings. The van der Waals surface area contributed by atoms with Crippen LogP contribution in [0.2, 0.25) is 0 Å². The van der Waals surface area contributed by atoms with Gasteiger partial charge in [-0.05, 0) is 102 Å². The number of fused-ring (bicyclic) bond motifs is 12. The largest absolute Gasteiger partial charge is 0.456 e. The minimum Gasteiger partial charge on any atom is -0.456 e. The van der Waals surface area contributed by atoms with Crippen LogP contribution in [0.25, 0.3) is 110 Å². The van der Waals surface area contributed by atoms with Gasteiger partial charge in [0.2, 0.25) is 0 Å². The first-order valence-electron chi connectivity index (χ1n) is 22.4. The zero-order chi connectivity index (χ0) is 43.5. The van der Waals surface area contributed by atoms with Gasteiger partial charge in [-0.2, -0.15) is 0 Å². The van der Waals surface area contributed by atoms with Crippen molar-refractivity contribution in [1.82, 2.24) is 9.13 Å². The van der Waals surface area contributed by atoms with Crippen molar-refractivity contribution in [1.29, 1.82) is 0 Å². The predicted molar refractivity (Wildman–Crippen MR) is 273 cm³/mol. The van der Waals surface area contributed by atoms with Crippen LogP contribution in [-0.4, -0.2) is 20.8 Å². The highest BCUT2D eigenvalue weighted by molar-refractivity contribution is 6.24. The van der Waals surface area contributed by atoms with Gasteiger partial charge in [0.05, 0.1) is 27.8 Å². The molecule has 310 valence electrons. The summed E-state index contributed by atoms with van der Waals surface area (Å²) >= 11 is 0. The van der Waals surface area contributed by atoms with Crippen LogP contribution in [0.1, 0.15) is 24.5 Å². The Labute approximate surface area is 378 Å².